The molecule has 0 unspecified atom stereocenters. The fourth-order valence-corrected chi connectivity index (χ4v) is 2.05. The average molecular weight is 265 g/mol. The molecule has 0 spiro atoms. The van der Waals surface area contributed by atoms with E-state index < -0.39 is 0 Å². The Balaban J connectivity index is 2.65. The van der Waals surface area contributed by atoms with Crippen LogP contribution in [0.2, 0.25) is 0 Å². The quantitative estimate of drug-likeness (QED) is 0.894. The smallest absolute Gasteiger partial charge is 0.126 e. The van der Waals surface area contributed by atoms with E-state index in [1.807, 2.05) is 6.07 Å². The van der Waals surface area contributed by atoms with Crippen molar-refractivity contribution in [1.82, 2.24) is 4.98 Å². The van der Waals surface area contributed by atoms with E-state index >= 15 is 0 Å². The summed E-state index contributed by atoms with van der Waals surface area (Å²) in [5.41, 5.74) is 2.26. The van der Waals surface area contributed by atoms with Gasteiger partial charge in [-0.2, -0.15) is 0 Å². The first-order chi connectivity index (χ1) is 7.22. The molecule has 1 aromatic carbocycles. The first-order valence-electron chi connectivity index (χ1n) is 5.02. The van der Waals surface area contributed by atoms with Crippen molar-refractivity contribution in [1.29, 1.82) is 0 Å². The Morgan fingerprint density at radius 3 is 2.80 bits per heavy atom. The number of halogens is 1. The van der Waals surface area contributed by atoms with Crippen LogP contribution < -0.4 is 5.32 Å². The normalized spacial score (nSPS) is 10.6. The fraction of sp³-hybridized carbons (Fsp3) is 0.250. The van der Waals surface area contributed by atoms with Crippen molar-refractivity contribution in [2.75, 3.05) is 11.9 Å². The molecule has 0 radical (unpaired) electrons. The van der Waals surface area contributed by atoms with E-state index in [-0.39, 0.29) is 0 Å². The molecule has 78 valence electrons. The standard InChI is InChI=1S/C12H13BrN2/c1-3-14-11-7-5-9-10(13)6-4-8(2)12(9)15-11/h4-7H,3H2,1-2H3,(H,14,15). The van der Waals surface area contributed by atoms with Gasteiger partial charge in [0.05, 0.1) is 5.52 Å². The largest absolute Gasteiger partial charge is 0.370 e. The van der Waals surface area contributed by atoms with Crippen LogP contribution in [0.25, 0.3) is 10.9 Å². The molecule has 2 aromatic rings. The summed E-state index contributed by atoms with van der Waals surface area (Å²) < 4.78 is 1.10. The first kappa shape index (κ1) is 10.4. The second-order valence-electron chi connectivity index (χ2n) is 3.49. The van der Waals surface area contributed by atoms with Gasteiger partial charge in [-0.1, -0.05) is 22.0 Å². The number of benzene rings is 1. The van der Waals surface area contributed by atoms with Crippen LogP contribution in [0, 0.1) is 6.92 Å². The van der Waals surface area contributed by atoms with Gasteiger partial charge < -0.3 is 5.32 Å². The summed E-state index contributed by atoms with van der Waals surface area (Å²) in [6, 6.07) is 8.24. The van der Waals surface area contributed by atoms with Crippen LogP contribution in [-0.4, -0.2) is 11.5 Å². The molecular formula is C12H13BrN2. The second-order valence-corrected chi connectivity index (χ2v) is 4.34. The summed E-state index contributed by atoms with van der Waals surface area (Å²) in [6.07, 6.45) is 0. The summed E-state index contributed by atoms with van der Waals surface area (Å²) in [5.74, 6) is 0.936. The monoisotopic (exact) mass is 264 g/mol. The van der Waals surface area contributed by atoms with Gasteiger partial charge in [0.25, 0.3) is 0 Å². The number of nitrogens with one attached hydrogen (secondary N) is 1. The Bertz CT molecular complexity index is 494. The van der Waals surface area contributed by atoms with E-state index in [1.165, 1.54) is 5.56 Å². The van der Waals surface area contributed by atoms with Gasteiger partial charge in [0.1, 0.15) is 5.82 Å². The lowest BCUT2D eigenvalue weighted by atomic mass is 10.1. The highest BCUT2D eigenvalue weighted by Crippen LogP contribution is 2.26. The molecule has 0 saturated heterocycles. The van der Waals surface area contributed by atoms with Crippen LogP contribution in [0.3, 0.4) is 0 Å². The Hall–Kier alpha value is -1.09. The molecule has 1 aromatic heterocycles. The zero-order valence-electron chi connectivity index (χ0n) is 8.84. The number of pyridine rings is 1. The number of nitrogens with zero attached hydrogens (tertiary/aromatic N) is 1. The van der Waals surface area contributed by atoms with Crippen molar-refractivity contribution in [3.63, 3.8) is 0 Å². The molecular weight excluding hydrogens is 252 g/mol. The molecule has 15 heavy (non-hydrogen) atoms. The molecule has 0 fully saturated rings. The lowest BCUT2D eigenvalue weighted by Gasteiger charge is -2.07. The SMILES string of the molecule is CCNc1ccc2c(Br)ccc(C)c2n1. The third-order valence-electron chi connectivity index (χ3n) is 2.36. The van der Waals surface area contributed by atoms with Gasteiger partial charge in [-0.15, -0.1) is 0 Å². The minimum Gasteiger partial charge on any atom is -0.370 e. The van der Waals surface area contributed by atoms with Gasteiger partial charge in [0.15, 0.2) is 0 Å². The van der Waals surface area contributed by atoms with E-state index in [1.54, 1.807) is 0 Å². The maximum absolute atomic E-state index is 4.58. The van der Waals surface area contributed by atoms with E-state index in [2.05, 4.69) is 58.3 Å². The molecule has 0 aliphatic rings. The van der Waals surface area contributed by atoms with Crippen molar-refractivity contribution in [3.05, 3.63) is 34.3 Å². The minimum atomic E-state index is 0.894. The minimum absolute atomic E-state index is 0.894. The third kappa shape index (κ3) is 1.97. The highest BCUT2D eigenvalue weighted by molar-refractivity contribution is 9.10. The number of aryl methyl sites for hydroxylation is 1. The molecule has 0 aliphatic heterocycles. The molecule has 0 aliphatic carbocycles. The van der Waals surface area contributed by atoms with Crippen molar-refractivity contribution in [2.45, 2.75) is 13.8 Å². The molecule has 0 saturated carbocycles. The predicted molar refractivity (Wildman–Crippen MR) is 68.3 cm³/mol. The molecule has 1 heterocycles. The van der Waals surface area contributed by atoms with Gasteiger partial charge >= 0.3 is 0 Å². The lowest BCUT2D eigenvalue weighted by Crippen LogP contribution is -1.99. The van der Waals surface area contributed by atoms with E-state index in [0.717, 1.165) is 27.7 Å². The number of rotatable bonds is 2. The predicted octanol–water partition coefficient (Wildman–Crippen LogP) is 3.74. The van der Waals surface area contributed by atoms with Crippen LogP contribution in [-0.2, 0) is 0 Å². The zero-order valence-corrected chi connectivity index (χ0v) is 10.4. The molecule has 2 nitrogen and oxygen atoms in total. The van der Waals surface area contributed by atoms with E-state index in [0.29, 0.717) is 0 Å². The molecule has 0 amide bonds. The van der Waals surface area contributed by atoms with Gasteiger partial charge in [0, 0.05) is 16.4 Å². The maximum Gasteiger partial charge on any atom is 0.126 e. The molecule has 2 rings (SSSR count). The molecule has 0 atom stereocenters. The van der Waals surface area contributed by atoms with E-state index in [4.69, 9.17) is 0 Å². The Labute approximate surface area is 97.8 Å². The summed E-state index contributed by atoms with van der Waals surface area (Å²) in [6.45, 7) is 5.04. The maximum atomic E-state index is 4.58. The highest BCUT2D eigenvalue weighted by Gasteiger charge is 2.03. The van der Waals surface area contributed by atoms with Crippen molar-refractivity contribution < 1.29 is 0 Å². The highest BCUT2D eigenvalue weighted by atomic mass is 79.9. The molecule has 0 bridgehead atoms. The third-order valence-corrected chi connectivity index (χ3v) is 3.06. The Morgan fingerprint density at radius 1 is 1.27 bits per heavy atom. The van der Waals surface area contributed by atoms with Crippen LogP contribution in [0.15, 0.2) is 28.7 Å². The van der Waals surface area contributed by atoms with Gasteiger partial charge in [-0.3, -0.25) is 0 Å². The zero-order chi connectivity index (χ0) is 10.8. The van der Waals surface area contributed by atoms with Crippen molar-refractivity contribution >= 4 is 32.7 Å². The molecule has 1 N–H and O–H groups in total. The summed E-state index contributed by atoms with van der Waals surface area (Å²) in [5, 5.41) is 4.38. The van der Waals surface area contributed by atoms with Crippen molar-refractivity contribution in [2.24, 2.45) is 0 Å². The number of fused-ring (bicyclic) bond motifs is 1. The van der Waals surface area contributed by atoms with Gasteiger partial charge in [-0.05, 0) is 37.6 Å². The lowest BCUT2D eigenvalue weighted by molar-refractivity contribution is 1.17. The molecule has 3 heteroatoms. The van der Waals surface area contributed by atoms with E-state index in [9.17, 15) is 0 Å². The number of hydrogen-bond acceptors (Lipinski definition) is 2. The van der Waals surface area contributed by atoms with Crippen LogP contribution in [0.1, 0.15) is 12.5 Å². The Morgan fingerprint density at radius 2 is 2.07 bits per heavy atom. The van der Waals surface area contributed by atoms with Gasteiger partial charge in [-0.25, -0.2) is 4.98 Å². The second kappa shape index (κ2) is 4.19. The first-order valence-corrected chi connectivity index (χ1v) is 5.81. The summed E-state index contributed by atoms with van der Waals surface area (Å²) >= 11 is 3.53. The number of hydrogen-bond donors (Lipinski definition) is 1. The van der Waals surface area contributed by atoms with Gasteiger partial charge in [0.2, 0.25) is 0 Å². The summed E-state index contributed by atoms with van der Waals surface area (Å²) in [4.78, 5) is 4.58. The summed E-state index contributed by atoms with van der Waals surface area (Å²) in [7, 11) is 0. The van der Waals surface area contributed by atoms with Crippen LogP contribution in [0.5, 0.6) is 0 Å². The Kier molecular flexibility index (Phi) is 2.91. The van der Waals surface area contributed by atoms with Crippen molar-refractivity contribution in [3.8, 4) is 0 Å². The fourth-order valence-electron chi connectivity index (χ4n) is 1.60. The van der Waals surface area contributed by atoms with Crippen LogP contribution >= 0.6 is 15.9 Å². The van der Waals surface area contributed by atoms with Crippen LogP contribution in [0.4, 0.5) is 5.82 Å². The topological polar surface area (TPSA) is 24.9 Å². The number of aromatic nitrogens is 1. The number of anilines is 1. The average Bonchev–Trinajstić information content (AvgIpc) is 2.24.